The van der Waals surface area contributed by atoms with Crippen molar-refractivity contribution in [2.24, 2.45) is 0 Å². The Balaban J connectivity index is 1.74. The smallest absolute Gasteiger partial charge is 0.338 e. The van der Waals surface area contributed by atoms with E-state index in [2.05, 4.69) is 27.7 Å². The van der Waals surface area contributed by atoms with Gasteiger partial charge in [-0.3, -0.25) is 0 Å². The number of hydrogen-bond donors (Lipinski definition) is 0. The maximum absolute atomic E-state index is 12.8. The fourth-order valence-electron chi connectivity index (χ4n) is 5.67. The van der Waals surface area contributed by atoms with Gasteiger partial charge in [-0.25, -0.2) is 9.59 Å². The number of benzene rings is 2. The number of ether oxygens (including phenoxy) is 3. The van der Waals surface area contributed by atoms with Crippen LogP contribution in [0.5, 0.6) is 0 Å². The molecule has 2 atom stereocenters. The summed E-state index contributed by atoms with van der Waals surface area (Å²) in [5.74, 6) is -0.483. The number of esters is 2. The standard InChI is InChI=1S/C40H62O5/c1-5-9-11-13-15-17-21-37(19-7-3)44-39(41)35-27-23-33(24-28-35)31-43-32-34-25-29-36(30-26-34)40(42)45-38(20-8-4)22-18-16-14-12-10-6-2/h23-30,37-38H,5-22,31-32H2,1-4H3. The molecule has 45 heavy (non-hydrogen) atoms. The molecule has 5 nitrogen and oxygen atoms in total. The second-order valence-electron chi connectivity index (χ2n) is 12.6. The van der Waals surface area contributed by atoms with E-state index in [0.717, 1.165) is 62.5 Å². The van der Waals surface area contributed by atoms with Crippen LogP contribution in [0.1, 0.15) is 175 Å². The Morgan fingerprint density at radius 2 is 0.822 bits per heavy atom. The van der Waals surface area contributed by atoms with E-state index in [0.29, 0.717) is 24.3 Å². The molecule has 0 fully saturated rings. The van der Waals surface area contributed by atoms with E-state index in [-0.39, 0.29) is 24.1 Å². The second kappa shape index (κ2) is 24.6. The summed E-state index contributed by atoms with van der Waals surface area (Å²) in [6.45, 7) is 9.62. The summed E-state index contributed by atoms with van der Waals surface area (Å²) in [6, 6.07) is 15.0. The van der Waals surface area contributed by atoms with Gasteiger partial charge in [0.25, 0.3) is 0 Å². The Hall–Kier alpha value is -2.66. The molecule has 0 saturated carbocycles. The van der Waals surface area contributed by atoms with E-state index in [9.17, 15) is 9.59 Å². The minimum absolute atomic E-state index is 0.00666. The molecule has 2 rings (SSSR count). The maximum Gasteiger partial charge on any atom is 0.338 e. The minimum atomic E-state index is -0.242. The molecule has 0 aromatic heterocycles. The van der Waals surface area contributed by atoms with Crippen molar-refractivity contribution < 1.29 is 23.8 Å². The molecule has 0 N–H and O–H groups in total. The largest absolute Gasteiger partial charge is 0.459 e. The zero-order valence-electron chi connectivity index (χ0n) is 29.0. The van der Waals surface area contributed by atoms with Gasteiger partial charge in [-0.05, 0) is 73.9 Å². The van der Waals surface area contributed by atoms with Crippen molar-refractivity contribution in [1.29, 1.82) is 0 Å². The van der Waals surface area contributed by atoms with E-state index >= 15 is 0 Å². The van der Waals surface area contributed by atoms with Gasteiger partial charge in [0, 0.05) is 0 Å². The fourth-order valence-corrected chi connectivity index (χ4v) is 5.67. The third-order valence-corrected chi connectivity index (χ3v) is 8.44. The van der Waals surface area contributed by atoms with Gasteiger partial charge < -0.3 is 14.2 Å². The summed E-state index contributed by atoms with van der Waals surface area (Å²) in [5.41, 5.74) is 3.16. The number of carbonyl (C=O) groups excluding carboxylic acids is 2. The molecule has 2 aromatic rings. The summed E-state index contributed by atoms with van der Waals surface area (Å²) in [7, 11) is 0. The molecule has 0 spiro atoms. The molecule has 2 unspecified atom stereocenters. The van der Waals surface area contributed by atoms with Gasteiger partial charge in [0.15, 0.2) is 0 Å². The van der Waals surface area contributed by atoms with Crippen LogP contribution in [0.3, 0.4) is 0 Å². The van der Waals surface area contributed by atoms with Gasteiger partial charge in [0.1, 0.15) is 12.2 Å². The van der Waals surface area contributed by atoms with Crippen molar-refractivity contribution in [2.45, 2.75) is 169 Å². The highest BCUT2D eigenvalue weighted by molar-refractivity contribution is 5.90. The summed E-state index contributed by atoms with van der Waals surface area (Å²) >= 11 is 0. The lowest BCUT2D eigenvalue weighted by Crippen LogP contribution is -2.18. The lowest BCUT2D eigenvalue weighted by atomic mass is 10.0. The van der Waals surface area contributed by atoms with Crippen LogP contribution in [0.25, 0.3) is 0 Å². The SMILES string of the molecule is CCCCCCCCC(CCC)OC(=O)c1ccc(COCc2ccc(C(=O)OC(CCC)CCCCCCCC)cc2)cc1. The fraction of sp³-hybridized carbons (Fsp3) is 0.650. The lowest BCUT2D eigenvalue weighted by molar-refractivity contribution is 0.0244. The minimum Gasteiger partial charge on any atom is -0.459 e. The first kappa shape index (κ1) is 38.5. The molecule has 0 saturated heterocycles. The monoisotopic (exact) mass is 622 g/mol. The molecule has 0 amide bonds. The number of hydrogen-bond acceptors (Lipinski definition) is 5. The first-order valence-corrected chi connectivity index (χ1v) is 18.2. The topological polar surface area (TPSA) is 61.8 Å². The van der Waals surface area contributed by atoms with Crippen LogP contribution in [-0.2, 0) is 27.4 Å². The zero-order valence-corrected chi connectivity index (χ0v) is 29.0. The van der Waals surface area contributed by atoms with Crippen LogP contribution in [0, 0.1) is 0 Å². The summed E-state index contributed by atoms with van der Waals surface area (Å²) in [4.78, 5) is 25.6. The third kappa shape index (κ3) is 17.0. The second-order valence-corrected chi connectivity index (χ2v) is 12.6. The Morgan fingerprint density at radius 3 is 1.18 bits per heavy atom. The molecule has 0 aliphatic heterocycles. The lowest BCUT2D eigenvalue weighted by Gasteiger charge is -2.17. The molecule has 0 bridgehead atoms. The number of unbranched alkanes of at least 4 members (excludes halogenated alkanes) is 10. The zero-order chi connectivity index (χ0) is 32.5. The molecular weight excluding hydrogens is 560 g/mol. The normalized spacial score (nSPS) is 12.5. The summed E-state index contributed by atoms with van der Waals surface area (Å²) in [6.07, 6.45) is 20.6. The first-order valence-electron chi connectivity index (χ1n) is 18.2. The van der Waals surface area contributed by atoms with Gasteiger partial charge in [-0.1, -0.05) is 129 Å². The van der Waals surface area contributed by atoms with Gasteiger partial charge in [-0.15, -0.1) is 0 Å². The Bertz CT molecular complexity index is 946. The van der Waals surface area contributed by atoms with Gasteiger partial charge in [0.05, 0.1) is 24.3 Å². The Labute approximate surface area is 274 Å². The molecule has 0 radical (unpaired) electrons. The highest BCUT2D eigenvalue weighted by atomic mass is 16.5. The van der Waals surface area contributed by atoms with Crippen molar-refractivity contribution in [3.63, 3.8) is 0 Å². The molecule has 0 heterocycles. The number of carbonyl (C=O) groups is 2. The van der Waals surface area contributed by atoms with E-state index in [1.54, 1.807) is 0 Å². The molecule has 5 heteroatoms. The first-order chi connectivity index (χ1) is 22.0. The highest BCUT2D eigenvalue weighted by Gasteiger charge is 2.17. The van der Waals surface area contributed by atoms with Crippen LogP contribution >= 0.6 is 0 Å². The summed E-state index contributed by atoms with van der Waals surface area (Å²) in [5, 5.41) is 0. The van der Waals surface area contributed by atoms with E-state index in [1.807, 2.05) is 48.5 Å². The average Bonchev–Trinajstić information content (AvgIpc) is 3.05. The highest BCUT2D eigenvalue weighted by Crippen LogP contribution is 2.19. The predicted octanol–water partition coefficient (Wildman–Crippen LogP) is 11.6. The van der Waals surface area contributed by atoms with Gasteiger partial charge in [0.2, 0.25) is 0 Å². The van der Waals surface area contributed by atoms with Crippen molar-refractivity contribution in [3.8, 4) is 0 Å². The van der Waals surface area contributed by atoms with Crippen LogP contribution < -0.4 is 0 Å². The maximum atomic E-state index is 12.8. The third-order valence-electron chi connectivity index (χ3n) is 8.44. The molecular formula is C40H62O5. The van der Waals surface area contributed by atoms with Crippen LogP contribution in [0.15, 0.2) is 48.5 Å². The van der Waals surface area contributed by atoms with Gasteiger partial charge >= 0.3 is 11.9 Å². The van der Waals surface area contributed by atoms with Crippen LogP contribution in [-0.4, -0.2) is 24.1 Å². The molecule has 0 aliphatic carbocycles. The van der Waals surface area contributed by atoms with Crippen molar-refractivity contribution >= 4 is 11.9 Å². The summed E-state index contributed by atoms with van der Waals surface area (Å²) < 4.78 is 17.7. The average molecular weight is 623 g/mol. The Morgan fingerprint density at radius 1 is 0.467 bits per heavy atom. The van der Waals surface area contributed by atoms with E-state index in [4.69, 9.17) is 14.2 Å². The molecule has 0 aliphatic rings. The predicted molar refractivity (Wildman–Crippen MR) is 186 cm³/mol. The van der Waals surface area contributed by atoms with Crippen LogP contribution in [0.2, 0.25) is 0 Å². The van der Waals surface area contributed by atoms with E-state index < -0.39 is 0 Å². The van der Waals surface area contributed by atoms with E-state index in [1.165, 1.54) is 64.2 Å². The quantitative estimate of drug-likeness (QED) is 0.0771. The Kier molecular flexibility index (Phi) is 21.0. The van der Waals surface area contributed by atoms with Crippen molar-refractivity contribution in [3.05, 3.63) is 70.8 Å². The van der Waals surface area contributed by atoms with Crippen molar-refractivity contribution in [2.75, 3.05) is 0 Å². The van der Waals surface area contributed by atoms with Crippen LogP contribution in [0.4, 0.5) is 0 Å². The number of rotatable bonds is 26. The molecule has 2 aromatic carbocycles. The molecule has 252 valence electrons. The van der Waals surface area contributed by atoms with Crippen molar-refractivity contribution in [1.82, 2.24) is 0 Å². The van der Waals surface area contributed by atoms with Gasteiger partial charge in [-0.2, -0.15) is 0 Å².